The van der Waals surface area contributed by atoms with E-state index in [0.29, 0.717) is 6.42 Å². The van der Waals surface area contributed by atoms with Crippen molar-refractivity contribution in [1.82, 2.24) is 9.78 Å². The van der Waals surface area contributed by atoms with E-state index in [1.807, 2.05) is 13.8 Å². The number of aromatic carboxylic acids is 1. The average molecular weight is 210 g/mol. The Bertz CT molecular complexity index is 411. The summed E-state index contributed by atoms with van der Waals surface area (Å²) in [5.74, 6) is -0.965. The van der Waals surface area contributed by atoms with E-state index < -0.39 is 5.97 Å². The lowest BCUT2D eigenvalue weighted by Gasteiger charge is -2.26. The quantitative estimate of drug-likeness (QED) is 0.755. The van der Waals surface area contributed by atoms with Crippen LogP contribution in [0.5, 0.6) is 0 Å². The summed E-state index contributed by atoms with van der Waals surface area (Å²) < 4.78 is 7.24. The number of hydrogen-bond donors (Lipinski definition) is 1. The lowest BCUT2D eigenvalue weighted by atomic mass is 10.00. The van der Waals surface area contributed by atoms with Crippen molar-refractivity contribution in [2.75, 3.05) is 0 Å². The van der Waals surface area contributed by atoms with Crippen molar-refractivity contribution in [1.29, 1.82) is 0 Å². The van der Waals surface area contributed by atoms with Crippen LogP contribution in [-0.2, 0) is 18.2 Å². The van der Waals surface area contributed by atoms with E-state index in [0.717, 1.165) is 11.3 Å². The molecule has 0 spiro atoms. The predicted molar refractivity (Wildman–Crippen MR) is 52.8 cm³/mol. The summed E-state index contributed by atoms with van der Waals surface area (Å²) in [6.45, 7) is 3.86. The van der Waals surface area contributed by atoms with Crippen molar-refractivity contribution in [3.8, 4) is 0 Å². The number of aryl methyl sites for hydroxylation is 1. The first-order valence-electron chi connectivity index (χ1n) is 4.95. The van der Waals surface area contributed by atoms with Gasteiger partial charge in [-0.25, -0.2) is 4.79 Å². The van der Waals surface area contributed by atoms with E-state index in [2.05, 4.69) is 5.10 Å². The maximum atomic E-state index is 11.0. The summed E-state index contributed by atoms with van der Waals surface area (Å²) in [6, 6.07) is 0. The Morgan fingerprint density at radius 3 is 2.87 bits per heavy atom. The number of carboxylic acid groups (broad SMARTS) is 1. The highest BCUT2D eigenvalue weighted by Gasteiger charge is 2.30. The summed E-state index contributed by atoms with van der Waals surface area (Å²) in [5.41, 5.74) is 1.86. The first-order chi connectivity index (χ1) is 7.00. The highest BCUT2D eigenvalue weighted by atomic mass is 16.5. The number of fused-ring (bicyclic) bond motifs is 1. The van der Waals surface area contributed by atoms with Crippen LogP contribution in [0.15, 0.2) is 0 Å². The molecule has 0 aromatic carbocycles. The zero-order valence-electron chi connectivity index (χ0n) is 9.02. The van der Waals surface area contributed by atoms with E-state index in [4.69, 9.17) is 9.84 Å². The second kappa shape index (κ2) is 3.34. The summed E-state index contributed by atoms with van der Waals surface area (Å²) in [5, 5.41) is 13.0. The average Bonchev–Trinajstić information content (AvgIpc) is 2.42. The second-order valence-corrected chi connectivity index (χ2v) is 3.93. The second-order valence-electron chi connectivity index (χ2n) is 3.93. The molecule has 5 nitrogen and oxygen atoms in total. The molecule has 1 aliphatic heterocycles. The topological polar surface area (TPSA) is 64.3 Å². The zero-order valence-corrected chi connectivity index (χ0v) is 9.02. The number of nitrogens with zero attached hydrogens (tertiary/aromatic N) is 2. The fraction of sp³-hybridized carbons (Fsp3) is 0.600. The van der Waals surface area contributed by atoms with Crippen LogP contribution < -0.4 is 0 Å². The molecule has 2 heterocycles. The third-order valence-electron chi connectivity index (χ3n) is 2.71. The fourth-order valence-electron chi connectivity index (χ4n) is 2.21. The van der Waals surface area contributed by atoms with Gasteiger partial charge in [0.05, 0.1) is 17.9 Å². The normalized spacial score (nSPS) is 25.0. The highest BCUT2D eigenvalue weighted by molar-refractivity contribution is 5.87. The zero-order chi connectivity index (χ0) is 11.2. The smallest absolute Gasteiger partial charge is 0.356 e. The maximum Gasteiger partial charge on any atom is 0.356 e. The molecule has 0 amide bonds. The standard InChI is InChI=1S/C10H14N2O3/c1-5-4-7-8(10(13)14)11-12(3)9(7)6(2)15-5/h5-6H,4H2,1-3H3,(H,13,14)/t5-,6+/m1/s1. The molecule has 2 rings (SSSR count). The molecule has 0 unspecified atom stereocenters. The number of carboxylic acids is 1. The van der Waals surface area contributed by atoms with Crippen LogP contribution in [-0.4, -0.2) is 27.0 Å². The van der Waals surface area contributed by atoms with Gasteiger partial charge in [-0.05, 0) is 13.8 Å². The molecular weight excluding hydrogens is 196 g/mol. The van der Waals surface area contributed by atoms with E-state index in [1.165, 1.54) is 0 Å². The Morgan fingerprint density at radius 1 is 1.60 bits per heavy atom. The Hall–Kier alpha value is -1.36. The molecular formula is C10H14N2O3. The van der Waals surface area contributed by atoms with Gasteiger partial charge >= 0.3 is 5.97 Å². The molecule has 0 saturated carbocycles. The first kappa shape index (κ1) is 10.2. The highest BCUT2D eigenvalue weighted by Crippen LogP contribution is 2.31. The van der Waals surface area contributed by atoms with Gasteiger partial charge in [-0.1, -0.05) is 0 Å². The molecule has 0 radical (unpaired) electrons. The van der Waals surface area contributed by atoms with Crippen LogP contribution in [0.25, 0.3) is 0 Å². The molecule has 1 aromatic rings. The van der Waals surface area contributed by atoms with E-state index in [-0.39, 0.29) is 17.9 Å². The molecule has 2 atom stereocenters. The van der Waals surface area contributed by atoms with Gasteiger partial charge in [0, 0.05) is 19.0 Å². The number of rotatable bonds is 1. The van der Waals surface area contributed by atoms with Gasteiger partial charge in [0.15, 0.2) is 5.69 Å². The fourth-order valence-corrected chi connectivity index (χ4v) is 2.21. The Labute approximate surface area is 87.7 Å². The minimum Gasteiger partial charge on any atom is -0.476 e. The van der Waals surface area contributed by atoms with Crippen LogP contribution in [0.4, 0.5) is 0 Å². The van der Waals surface area contributed by atoms with Crippen molar-refractivity contribution in [3.05, 3.63) is 17.0 Å². The molecule has 1 aliphatic rings. The number of ether oxygens (including phenoxy) is 1. The Balaban J connectivity index is 2.56. The molecule has 82 valence electrons. The van der Waals surface area contributed by atoms with Crippen molar-refractivity contribution >= 4 is 5.97 Å². The van der Waals surface area contributed by atoms with Gasteiger partial charge in [-0.15, -0.1) is 0 Å². The van der Waals surface area contributed by atoms with Gasteiger partial charge in [0.2, 0.25) is 0 Å². The predicted octanol–water partition coefficient (Wildman–Crippen LogP) is 1.14. The summed E-state index contributed by atoms with van der Waals surface area (Å²) in [7, 11) is 1.75. The molecule has 15 heavy (non-hydrogen) atoms. The van der Waals surface area contributed by atoms with Crippen LogP contribution in [0.2, 0.25) is 0 Å². The minimum atomic E-state index is -0.965. The van der Waals surface area contributed by atoms with Crippen LogP contribution in [0.1, 0.15) is 41.7 Å². The lowest BCUT2D eigenvalue weighted by molar-refractivity contribution is -0.00907. The van der Waals surface area contributed by atoms with Gasteiger partial charge in [0.25, 0.3) is 0 Å². The molecule has 1 N–H and O–H groups in total. The van der Waals surface area contributed by atoms with Crippen molar-refractivity contribution in [2.24, 2.45) is 7.05 Å². The minimum absolute atomic E-state index is 0.0507. The molecule has 1 aromatic heterocycles. The molecule has 0 bridgehead atoms. The van der Waals surface area contributed by atoms with Gasteiger partial charge < -0.3 is 9.84 Å². The van der Waals surface area contributed by atoms with Gasteiger partial charge in [0.1, 0.15) is 0 Å². The van der Waals surface area contributed by atoms with E-state index in [1.54, 1.807) is 11.7 Å². The third-order valence-corrected chi connectivity index (χ3v) is 2.71. The molecule has 5 heteroatoms. The van der Waals surface area contributed by atoms with E-state index in [9.17, 15) is 4.79 Å². The Morgan fingerprint density at radius 2 is 2.27 bits per heavy atom. The molecule has 0 aliphatic carbocycles. The van der Waals surface area contributed by atoms with Gasteiger partial charge in [-0.2, -0.15) is 5.10 Å². The van der Waals surface area contributed by atoms with Crippen molar-refractivity contribution in [3.63, 3.8) is 0 Å². The van der Waals surface area contributed by atoms with Gasteiger partial charge in [-0.3, -0.25) is 4.68 Å². The molecule has 0 saturated heterocycles. The number of aromatic nitrogens is 2. The van der Waals surface area contributed by atoms with Crippen LogP contribution >= 0.6 is 0 Å². The van der Waals surface area contributed by atoms with Crippen LogP contribution in [0.3, 0.4) is 0 Å². The first-order valence-corrected chi connectivity index (χ1v) is 4.95. The lowest BCUT2D eigenvalue weighted by Crippen LogP contribution is -2.24. The number of carbonyl (C=O) groups is 1. The van der Waals surface area contributed by atoms with Crippen LogP contribution in [0, 0.1) is 0 Å². The monoisotopic (exact) mass is 210 g/mol. The summed E-state index contributed by atoms with van der Waals surface area (Å²) >= 11 is 0. The SMILES string of the molecule is C[C@@H]1Cc2c(C(=O)O)nn(C)c2[C@H](C)O1. The van der Waals surface area contributed by atoms with Crippen molar-refractivity contribution in [2.45, 2.75) is 32.5 Å². The maximum absolute atomic E-state index is 11.0. The van der Waals surface area contributed by atoms with Crippen molar-refractivity contribution < 1.29 is 14.6 Å². The number of hydrogen-bond acceptors (Lipinski definition) is 3. The largest absolute Gasteiger partial charge is 0.476 e. The molecule has 0 fully saturated rings. The summed E-state index contributed by atoms with van der Waals surface area (Å²) in [6.07, 6.45) is 0.582. The summed E-state index contributed by atoms with van der Waals surface area (Å²) in [4.78, 5) is 11.0. The van der Waals surface area contributed by atoms with E-state index >= 15 is 0 Å². The third kappa shape index (κ3) is 1.52. The Kier molecular flexibility index (Phi) is 2.26.